The van der Waals surface area contributed by atoms with Crippen LogP contribution in [0.1, 0.15) is 166 Å². The molecule has 0 saturated carbocycles. The van der Waals surface area contributed by atoms with Crippen molar-refractivity contribution in [1.29, 1.82) is 0 Å². The van der Waals surface area contributed by atoms with E-state index >= 15 is 0 Å². The van der Waals surface area contributed by atoms with E-state index in [1.165, 1.54) is 0 Å². The van der Waals surface area contributed by atoms with Crippen molar-refractivity contribution in [2.45, 2.75) is 207 Å². The summed E-state index contributed by atoms with van der Waals surface area (Å²) < 4.78 is 0. The van der Waals surface area contributed by atoms with E-state index in [2.05, 4.69) is 166 Å². The zero-order valence-corrected chi connectivity index (χ0v) is 37.6. The Labute approximate surface area is 260 Å². The summed E-state index contributed by atoms with van der Waals surface area (Å²) in [7, 11) is 0. The first-order valence-corrected chi connectivity index (χ1v) is 28.8. The first-order valence-electron chi connectivity index (χ1n) is 14.5. The minimum atomic E-state index is 0.0806. The third-order valence-electron chi connectivity index (χ3n) is 5.20. The zero-order chi connectivity index (χ0) is 31.7. The molecule has 0 fully saturated rings. The maximum atomic E-state index is 2.46. The second-order valence-corrected chi connectivity index (χ2v) is 48.5. The molecule has 0 heterocycles. The molecule has 0 N–H and O–H groups in total. The third kappa shape index (κ3) is 16.0. The van der Waals surface area contributed by atoms with Crippen LogP contribution in [0.25, 0.3) is 0 Å². The van der Waals surface area contributed by atoms with Crippen molar-refractivity contribution in [1.82, 2.24) is 0 Å². The molecule has 0 aromatic heterocycles. The Morgan fingerprint density at radius 3 is 0.342 bits per heavy atom. The van der Waals surface area contributed by atoms with Gasteiger partial charge in [0.2, 0.25) is 0 Å². The molecule has 0 aromatic rings. The summed E-state index contributed by atoms with van der Waals surface area (Å²) in [6.45, 7) is 59.4. The normalized spacial score (nSPS) is 15.5. The first-order chi connectivity index (χ1) is 15.9. The average Bonchev–Trinajstić information content (AvgIpc) is 2.44. The van der Waals surface area contributed by atoms with Crippen molar-refractivity contribution in [2.75, 3.05) is 0 Å². The predicted octanol–water partition coefficient (Wildman–Crippen LogP) is 13.4. The van der Waals surface area contributed by atoms with Gasteiger partial charge in [-0.05, 0) is 0 Å². The van der Waals surface area contributed by atoms with Crippen molar-refractivity contribution < 1.29 is 0 Å². The topological polar surface area (TPSA) is 0 Å². The van der Waals surface area contributed by atoms with Crippen molar-refractivity contribution in [3.05, 3.63) is 0 Å². The van der Waals surface area contributed by atoms with Gasteiger partial charge in [-0.3, -0.25) is 0 Å². The Kier molecular flexibility index (Phi) is 16.1. The fourth-order valence-corrected chi connectivity index (χ4v) is 65.5. The van der Waals surface area contributed by atoms with Gasteiger partial charge in [-0.15, -0.1) is 0 Å². The molecule has 0 amide bonds. The molecule has 0 bridgehead atoms. The first kappa shape index (κ1) is 42.9. The Morgan fingerprint density at radius 1 is 0.211 bits per heavy atom. The van der Waals surface area contributed by atoms with Crippen molar-refractivity contribution in [3.8, 4) is 0 Å². The van der Waals surface area contributed by atoms with Crippen molar-refractivity contribution in [3.63, 3.8) is 0 Å². The van der Waals surface area contributed by atoms with E-state index in [0.29, 0.717) is 41.2 Å². The maximum absolute atomic E-state index is 2.46. The summed E-state index contributed by atoms with van der Waals surface area (Å²) >= 11 is 1.55. The van der Waals surface area contributed by atoms with Gasteiger partial charge in [-0.25, -0.2) is 0 Å². The minimum absolute atomic E-state index is 0.0806. The molecule has 6 heteroatoms. The van der Waals surface area contributed by atoms with E-state index in [1.54, 1.807) is 0 Å². The molecule has 0 nitrogen and oxygen atoms in total. The summed E-state index contributed by atoms with van der Waals surface area (Å²) in [5.74, 6) is 0. The molecule has 0 aromatic carbocycles. The van der Waals surface area contributed by atoms with Gasteiger partial charge >= 0.3 is 262 Å². The zero-order valence-electron chi connectivity index (χ0n) is 30.6. The van der Waals surface area contributed by atoms with Gasteiger partial charge in [-0.2, -0.15) is 0 Å². The van der Waals surface area contributed by atoms with Gasteiger partial charge in [0.15, 0.2) is 0 Å². The average molecular weight is 739 g/mol. The predicted molar refractivity (Wildman–Crippen MR) is 197 cm³/mol. The van der Waals surface area contributed by atoms with Crippen LogP contribution in [0.2, 0.25) is 0 Å². The van der Waals surface area contributed by atoms with E-state index in [-0.39, 0.29) is 26.4 Å². The van der Waals surface area contributed by atoms with Crippen molar-refractivity contribution in [2.24, 2.45) is 0 Å². The molecule has 0 aliphatic rings. The molecule has 0 atom stereocenters. The molecular formula is C32H72P4Se2. The van der Waals surface area contributed by atoms with Gasteiger partial charge in [0.25, 0.3) is 0 Å². The summed E-state index contributed by atoms with van der Waals surface area (Å²) in [5, 5.41) is 3.81. The quantitative estimate of drug-likeness (QED) is 0.199. The van der Waals surface area contributed by atoms with Gasteiger partial charge in [0.1, 0.15) is 0 Å². The van der Waals surface area contributed by atoms with Crippen LogP contribution in [0.3, 0.4) is 0 Å². The number of hydrogen-bond acceptors (Lipinski definition) is 0. The van der Waals surface area contributed by atoms with Gasteiger partial charge < -0.3 is 0 Å². The molecule has 0 spiro atoms. The number of hydrogen-bond donors (Lipinski definition) is 0. The SMILES string of the molecule is CC(C)(C)P([Se]P(C(C)(C)C)C(C)(C)C)C(C)(C)C.CC(C)(C)P([Se]P(C(C)(C)C)C(C)(C)C)C(C)(C)C. The summed E-state index contributed by atoms with van der Waals surface area (Å²) in [4.78, 5) is 0. The molecule has 0 radical (unpaired) electrons. The standard InChI is InChI=1S/2C16H36P2Se/c2*1-13(2,3)17(14(4,5)6)19-18(15(7,8)9)16(10,11)12/h2*1-12H3. The molecule has 38 heavy (non-hydrogen) atoms. The van der Waals surface area contributed by atoms with Crippen LogP contribution in [0.15, 0.2) is 0 Å². The van der Waals surface area contributed by atoms with Gasteiger partial charge in [0, 0.05) is 0 Å². The second kappa shape index (κ2) is 14.2. The van der Waals surface area contributed by atoms with Crippen LogP contribution in [0.4, 0.5) is 0 Å². The summed E-state index contributed by atoms with van der Waals surface area (Å²) in [6, 6.07) is 0. The van der Waals surface area contributed by atoms with Crippen molar-refractivity contribution >= 4 is 54.6 Å². The van der Waals surface area contributed by atoms with Crippen LogP contribution >= 0.6 is 26.4 Å². The molecular weight excluding hydrogens is 666 g/mol. The molecule has 0 unspecified atom stereocenters. The summed E-state index contributed by atoms with van der Waals surface area (Å²) in [5.41, 5.74) is 0. The Morgan fingerprint density at radius 2 is 0.289 bits per heavy atom. The molecule has 0 aliphatic carbocycles. The molecule has 232 valence electrons. The molecule has 0 saturated heterocycles. The molecule has 0 aliphatic heterocycles. The van der Waals surface area contributed by atoms with E-state index < -0.39 is 0 Å². The van der Waals surface area contributed by atoms with E-state index in [0.717, 1.165) is 28.1 Å². The second-order valence-electron chi connectivity index (χ2n) is 18.7. The monoisotopic (exact) mass is 740 g/mol. The van der Waals surface area contributed by atoms with Gasteiger partial charge in [0.05, 0.1) is 0 Å². The number of rotatable bonds is 4. The van der Waals surface area contributed by atoms with Gasteiger partial charge in [-0.1, -0.05) is 0 Å². The Balaban J connectivity index is 0. The Bertz CT molecular complexity index is 514. The van der Waals surface area contributed by atoms with Crippen LogP contribution in [0, 0.1) is 0 Å². The fraction of sp³-hybridized carbons (Fsp3) is 1.00. The molecule has 0 rings (SSSR count). The van der Waals surface area contributed by atoms with E-state index in [1.807, 2.05) is 0 Å². The fourth-order valence-electron chi connectivity index (χ4n) is 5.17. The van der Waals surface area contributed by atoms with Crippen LogP contribution < -0.4 is 0 Å². The van der Waals surface area contributed by atoms with Crippen LogP contribution in [0.5, 0.6) is 0 Å². The van der Waals surface area contributed by atoms with Crippen LogP contribution in [-0.4, -0.2) is 69.4 Å². The Hall–Kier alpha value is 2.76. The van der Waals surface area contributed by atoms with Crippen LogP contribution in [-0.2, 0) is 0 Å². The van der Waals surface area contributed by atoms with E-state index in [9.17, 15) is 0 Å². The van der Waals surface area contributed by atoms with E-state index in [4.69, 9.17) is 0 Å². The third-order valence-corrected chi connectivity index (χ3v) is 57.5. The summed E-state index contributed by atoms with van der Waals surface area (Å²) in [6.07, 6.45) is 0.